The van der Waals surface area contributed by atoms with Crippen LogP contribution in [0.1, 0.15) is 46.0 Å². The van der Waals surface area contributed by atoms with Crippen LogP contribution >= 0.6 is 0 Å². The number of nitrogens with one attached hydrogen (secondary N) is 1. The Kier molecular flexibility index (Phi) is 3.59. The van der Waals surface area contributed by atoms with E-state index in [0.29, 0.717) is 11.8 Å². The minimum Gasteiger partial charge on any atom is -0.342 e. The van der Waals surface area contributed by atoms with Gasteiger partial charge in [0.25, 0.3) is 0 Å². The predicted octanol–water partition coefficient (Wildman–Crippen LogP) is 2.27. The summed E-state index contributed by atoms with van der Waals surface area (Å²) in [7, 11) is 0. The maximum absolute atomic E-state index is 13.1. The van der Waals surface area contributed by atoms with Gasteiger partial charge in [-0.15, -0.1) is 0 Å². The molecule has 0 aromatic rings. The Morgan fingerprint density at radius 1 is 1.21 bits per heavy atom. The molecule has 1 heterocycles. The molecule has 1 aliphatic heterocycles. The van der Waals surface area contributed by atoms with Crippen molar-refractivity contribution in [2.75, 3.05) is 26.2 Å². The predicted molar refractivity (Wildman–Crippen MR) is 76.8 cm³/mol. The van der Waals surface area contributed by atoms with Crippen molar-refractivity contribution in [3.8, 4) is 0 Å². The molecule has 2 aliphatic carbocycles. The average Bonchev–Trinajstić information content (AvgIpc) is 3.30. The molecule has 2 saturated carbocycles. The van der Waals surface area contributed by atoms with Gasteiger partial charge in [0, 0.05) is 19.6 Å². The van der Waals surface area contributed by atoms with E-state index >= 15 is 0 Å². The highest BCUT2D eigenvalue weighted by atomic mass is 16.2. The third kappa shape index (κ3) is 2.81. The summed E-state index contributed by atoms with van der Waals surface area (Å²) in [5.41, 5.74) is -0.121. The monoisotopic (exact) mass is 264 g/mol. The van der Waals surface area contributed by atoms with Crippen LogP contribution in [0.4, 0.5) is 0 Å². The zero-order valence-electron chi connectivity index (χ0n) is 12.5. The first kappa shape index (κ1) is 13.4. The van der Waals surface area contributed by atoms with Crippen molar-refractivity contribution in [2.45, 2.75) is 46.0 Å². The standard InChI is InChI=1S/C16H28N2O/c1-12(2)16(7-8-17-11-16)15(19)18(9-13-3-4-13)10-14-5-6-14/h12-14,17H,3-11H2,1-2H3. The lowest BCUT2D eigenvalue weighted by Crippen LogP contribution is -2.49. The molecule has 1 saturated heterocycles. The molecule has 0 aromatic heterocycles. The van der Waals surface area contributed by atoms with Gasteiger partial charge in [-0.25, -0.2) is 0 Å². The third-order valence-electron chi connectivity index (χ3n) is 5.36. The summed E-state index contributed by atoms with van der Waals surface area (Å²) in [5.74, 6) is 2.50. The molecule has 108 valence electrons. The third-order valence-corrected chi connectivity index (χ3v) is 5.36. The van der Waals surface area contributed by atoms with Crippen LogP contribution in [0.15, 0.2) is 0 Å². The van der Waals surface area contributed by atoms with Gasteiger partial charge in [0.05, 0.1) is 5.41 Å². The summed E-state index contributed by atoms with van der Waals surface area (Å²) < 4.78 is 0. The Labute approximate surface area is 117 Å². The lowest BCUT2D eigenvalue weighted by Gasteiger charge is -2.37. The van der Waals surface area contributed by atoms with Gasteiger partial charge in [-0.2, -0.15) is 0 Å². The van der Waals surface area contributed by atoms with E-state index in [4.69, 9.17) is 0 Å². The smallest absolute Gasteiger partial charge is 0.230 e. The van der Waals surface area contributed by atoms with E-state index in [2.05, 4.69) is 24.1 Å². The van der Waals surface area contributed by atoms with Crippen LogP contribution in [0.25, 0.3) is 0 Å². The van der Waals surface area contributed by atoms with Crippen LogP contribution in [0.5, 0.6) is 0 Å². The fraction of sp³-hybridized carbons (Fsp3) is 0.938. The molecule has 3 rings (SSSR count). The highest BCUT2D eigenvalue weighted by molar-refractivity contribution is 5.84. The van der Waals surface area contributed by atoms with Crippen LogP contribution in [-0.2, 0) is 4.79 Å². The van der Waals surface area contributed by atoms with Crippen LogP contribution in [0, 0.1) is 23.2 Å². The SMILES string of the molecule is CC(C)C1(C(=O)N(CC2CC2)CC2CC2)CCNC1. The van der Waals surface area contributed by atoms with E-state index in [9.17, 15) is 4.79 Å². The summed E-state index contributed by atoms with van der Waals surface area (Å²) >= 11 is 0. The van der Waals surface area contributed by atoms with Gasteiger partial charge >= 0.3 is 0 Å². The molecule has 0 aromatic carbocycles. The Hall–Kier alpha value is -0.570. The summed E-state index contributed by atoms with van der Waals surface area (Å²) in [5, 5.41) is 3.42. The first-order valence-corrected chi connectivity index (χ1v) is 8.12. The molecular weight excluding hydrogens is 236 g/mol. The second-order valence-corrected chi connectivity index (χ2v) is 7.33. The van der Waals surface area contributed by atoms with Crippen molar-refractivity contribution in [1.82, 2.24) is 10.2 Å². The number of hydrogen-bond donors (Lipinski definition) is 1. The van der Waals surface area contributed by atoms with E-state index in [-0.39, 0.29) is 5.41 Å². The van der Waals surface area contributed by atoms with Gasteiger partial charge in [-0.1, -0.05) is 13.8 Å². The molecular formula is C16H28N2O. The van der Waals surface area contributed by atoms with Gasteiger partial charge in [0.1, 0.15) is 0 Å². The van der Waals surface area contributed by atoms with Gasteiger partial charge in [0.2, 0.25) is 5.91 Å². The van der Waals surface area contributed by atoms with Crippen molar-refractivity contribution in [3.05, 3.63) is 0 Å². The van der Waals surface area contributed by atoms with Crippen LogP contribution < -0.4 is 5.32 Å². The van der Waals surface area contributed by atoms with Crippen LogP contribution in [0.3, 0.4) is 0 Å². The molecule has 3 fully saturated rings. The first-order chi connectivity index (χ1) is 9.12. The van der Waals surface area contributed by atoms with E-state index in [1.807, 2.05) is 0 Å². The zero-order valence-corrected chi connectivity index (χ0v) is 12.5. The molecule has 0 bridgehead atoms. The largest absolute Gasteiger partial charge is 0.342 e. The number of rotatable bonds is 6. The maximum atomic E-state index is 13.1. The van der Waals surface area contributed by atoms with Crippen molar-refractivity contribution < 1.29 is 4.79 Å². The van der Waals surface area contributed by atoms with Gasteiger partial charge in [-0.3, -0.25) is 4.79 Å². The van der Waals surface area contributed by atoms with Crippen molar-refractivity contribution >= 4 is 5.91 Å². The molecule has 3 nitrogen and oxygen atoms in total. The average molecular weight is 264 g/mol. The minimum absolute atomic E-state index is 0.121. The summed E-state index contributed by atoms with van der Waals surface area (Å²) in [6, 6.07) is 0. The molecule has 0 radical (unpaired) electrons. The van der Waals surface area contributed by atoms with Crippen molar-refractivity contribution in [1.29, 1.82) is 0 Å². The van der Waals surface area contributed by atoms with Crippen molar-refractivity contribution in [3.63, 3.8) is 0 Å². The van der Waals surface area contributed by atoms with Gasteiger partial charge in [-0.05, 0) is 56.4 Å². The quantitative estimate of drug-likeness (QED) is 0.798. The van der Waals surface area contributed by atoms with Crippen LogP contribution in [-0.4, -0.2) is 37.0 Å². The Bertz CT molecular complexity index is 325. The lowest BCUT2D eigenvalue weighted by molar-refractivity contribution is -0.144. The fourth-order valence-electron chi connectivity index (χ4n) is 3.41. The second kappa shape index (κ2) is 5.08. The number of carbonyl (C=O) groups is 1. The molecule has 3 aliphatic rings. The number of nitrogens with zero attached hydrogens (tertiary/aromatic N) is 1. The summed E-state index contributed by atoms with van der Waals surface area (Å²) in [6.07, 6.45) is 6.36. The van der Waals surface area contributed by atoms with Gasteiger partial charge < -0.3 is 10.2 Å². The van der Waals surface area contributed by atoms with Crippen molar-refractivity contribution in [2.24, 2.45) is 23.2 Å². The maximum Gasteiger partial charge on any atom is 0.230 e. The number of amides is 1. The molecule has 1 amide bonds. The molecule has 1 N–H and O–H groups in total. The summed E-state index contributed by atoms with van der Waals surface area (Å²) in [4.78, 5) is 15.4. The Morgan fingerprint density at radius 2 is 1.79 bits per heavy atom. The van der Waals surface area contributed by atoms with Crippen LogP contribution in [0.2, 0.25) is 0 Å². The summed E-state index contributed by atoms with van der Waals surface area (Å²) in [6.45, 7) is 8.39. The molecule has 3 heteroatoms. The topological polar surface area (TPSA) is 32.3 Å². The highest BCUT2D eigenvalue weighted by Crippen LogP contribution is 2.40. The lowest BCUT2D eigenvalue weighted by atomic mass is 9.75. The minimum atomic E-state index is -0.121. The Balaban J connectivity index is 1.72. The zero-order chi connectivity index (χ0) is 13.5. The highest BCUT2D eigenvalue weighted by Gasteiger charge is 2.47. The normalized spacial score (nSPS) is 30.9. The second-order valence-electron chi connectivity index (χ2n) is 7.33. The first-order valence-electron chi connectivity index (χ1n) is 8.12. The van der Waals surface area contributed by atoms with E-state index < -0.39 is 0 Å². The molecule has 0 spiro atoms. The Morgan fingerprint density at radius 3 is 2.16 bits per heavy atom. The number of carbonyl (C=O) groups excluding carboxylic acids is 1. The molecule has 1 unspecified atom stereocenters. The fourth-order valence-corrected chi connectivity index (χ4v) is 3.41. The molecule has 1 atom stereocenters. The molecule has 19 heavy (non-hydrogen) atoms. The number of hydrogen-bond acceptors (Lipinski definition) is 2. The van der Waals surface area contributed by atoms with E-state index in [1.54, 1.807) is 0 Å². The van der Waals surface area contributed by atoms with Gasteiger partial charge in [0.15, 0.2) is 0 Å². The van der Waals surface area contributed by atoms with E-state index in [0.717, 1.165) is 44.4 Å². The van der Waals surface area contributed by atoms with E-state index in [1.165, 1.54) is 25.7 Å².